The fourth-order valence-electron chi connectivity index (χ4n) is 0.815. The van der Waals surface area contributed by atoms with Crippen LogP contribution in [0.5, 0.6) is 5.88 Å². The number of imidazole rings is 1. The summed E-state index contributed by atoms with van der Waals surface area (Å²) in [6.07, 6.45) is 6.41. The summed E-state index contributed by atoms with van der Waals surface area (Å²) in [6, 6.07) is 0. The van der Waals surface area contributed by atoms with E-state index in [0.29, 0.717) is 0 Å². The highest BCUT2D eigenvalue weighted by Gasteiger charge is 1.93. The monoisotopic (exact) mass is 135 g/mol. The number of aromatic nitrogens is 3. The number of fused-ring (bicyclic) bond motifs is 1. The molecule has 0 amide bonds. The molecule has 0 unspecified atom stereocenters. The van der Waals surface area contributed by atoms with Crippen molar-refractivity contribution in [3.63, 3.8) is 0 Å². The van der Waals surface area contributed by atoms with Gasteiger partial charge in [0.05, 0.1) is 12.4 Å². The van der Waals surface area contributed by atoms with Crippen LogP contribution in [-0.2, 0) is 0 Å². The van der Waals surface area contributed by atoms with E-state index >= 15 is 0 Å². The van der Waals surface area contributed by atoms with Gasteiger partial charge >= 0.3 is 0 Å². The Morgan fingerprint density at radius 1 is 1.40 bits per heavy atom. The van der Waals surface area contributed by atoms with Crippen LogP contribution in [0.2, 0.25) is 0 Å². The van der Waals surface area contributed by atoms with Crippen molar-refractivity contribution >= 4 is 5.65 Å². The van der Waals surface area contributed by atoms with Crippen LogP contribution in [0.25, 0.3) is 5.65 Å². The molecular weight excluding hydrogens is 130 g/mol. The van der Waals surface area contributed by atoms with E-state index in [-0.39, 0.29) is 5.88 Å². The predicted molar refractivity (Wildman–Crippen MR) is 34.7 cm³/mol. The molecule has 0 aliphatic heterocycles. The quantitative estimate of drug-likeness (QED) is 0.570. The molecule has 0 aliphatic rings. The molecule has 0 aliphatic carbocycles. The molecule has 4 heteroatoms. The second-order valence-electron chi connectivity index (χ2n) is 1.94. The van der Waals surface area contributed by atoms with Gasteiger partial charge < -0.3 is 9.51 Å². The molecule has 10 heavy (non-hydrogen) atoms. The molecule has 0 spiro atoms. The van der Waals surface area contributed by atoms with Gasteiger partial charge in [-0.15, -0.1) is 0 Å². The van der Waals surface area contributed by atoms with Gasteiger partial charge in [-0.1, -0.05) is 0 Å². The molecule has 2 aromatic heterocycles. The molecule has 2 heterocycles. The molecule has 1 N–H and O–H groups in total. The fraction of sp³-hybridized carbons (Fsp3) is 0. The minimum absolute atomic E-state index is 0.00509. The minimum Gasteiger partial charge on any atom is -0.492 e. The largest absolute Gasteiger partial charge is 0.492 e. The summed E-state index contributed by atoms with van der Waals surface area (Å²) in [5, 5.41) is 8.89. The maximum absolute atomic E-state index is 8.89. The highest BCUT2D eigenvalue weighted by atomic mass is 16.3. The summed E-state index contributed by atoms with van der Waals surface area (Å²) >= 11 is 0. The van der Waals surface area contributed by atoms with Crippen LogP contribution >= 0.6 is 0 Å². The Morgan fingerprint density at radius 2 is 2.30 bits per heavy atom. The standard InChI is InChI=1S/C6H5N3O/c10-6-4-9-2-1-7-5(9)3-8-6/h1-4,10H. The van der Waals surface area contributed by atoms with Crippen molar-refractivity contribution in [3.05, 3.63) is 24.8 Å². The summed E-state index contributed by atoms with van der Waals surface area (Å²) in [6.45, 7) is 0. The van der Waals surface area contributed by atoms with E-state index in [2.05, 4.69) is 9.97 Å². The van der Waals surface area contributed by atoms with Crippen LogP contribution in [0.15, 0.2) is 24.8 Å². The minimum atomic E-state index is 0.00509. The lowest BCUT2D eigenvalue weighted by molar-refractivity contribution is 0.450. The number of rotatable bonds is 0. The van der Waals surface area contributed by atoms with E-state index in [1.807, 2.05) is 0 Å². The molecular formula is C6H5N3O. The topological polar surface area (TPSA) is 50.4 Å². The van der Waals surface area contributed by atoms with Gasteiger partial charge in [0.2, 0.25) is 5.88 Å². The number of hydrogen-bond donors (Lipinski definition) is 1. The molecule has 0 saturated carbocycles. The van der Waals surface area contributed by atoms with E-state index in [1.165, 1.54) is 12.4 Å². The third-order valence-electron chi connectivity index (χ3n) is 1.27. The van der Waals surface area contributed by atoms with Gasteiger partial charge in [0, 0.05) is 12.4 Å². The van der Waals surface area contributed by atoms with E-state index < -0.39 is 0 Å². The first-order valence-corrected chi connectivity index (χ1v) is 2.84. The Morgan fingerprint density at radius 3 is 3.20 bits per heavy atom. The van der Waals surface area contributed by atoms with Gasteiger partial charge in [0.1, 0.15) is 0 Å². The van der Waals surface area contributed by atoms with E-state index in [9.17, 15) is 0 Å². The van der Waals surface area contributed by atoms with Crippen molar-refractivity contribution in [1.82, 2.24) is 14.4 Å². The van der Waals surface area contributed by atoms with Crippen LogP contribution in [0.3, 0.4) is 0 Å². The molecule has 50 valence electrons. The number of hydrogen-bond acceptors (Lipinski definition) is 3. The van der Waals surface area contributed by atoms with Crippen molar-refractivity contribution in [2.24, 2.45) is 0 Å². The Hall–Kier alpha value is -1.58. The Kier molecular flexibility index (Phi) is 0.887. The normalized spacial score (nSPS) is 10.4. The highest BCUT2D eigenvalue weighted by Crippen LogP contribution is 2.04. The summed E-state index contributed by atoms with van der Waals surface area (Å²) in [5.74, 6) is 0.00509. The lowest BCUT2D eigenvalue weighted by Crippen LogP contribution is -1.83. The smallest absolute Gasteiger partial charge is 0.228 e. The maximum Gasteiger partial charge on any atom is 0.228 e. The van der Waals surface area contributed by atoms with Crippen molar-refractivity contribution in [3.8, 4) is 5.88 Å². The molecule has 0 fully saturated rings. The third-order valence-corrected chi connectivity index (χ3v) is 1.27. The second-order valence-corrected chi connectivity index (χ2v) is 1.94. The highest BCUT2D eigenvalue weighted by molar-refractivity contribution is 5.35. The zero-order valence-electron chi connectivity index (χ0n) is 5.10. The molecule has 0 saturated heterocycles. The van der Waals surface area contributed by atoms with Crippen LogP contribution in [0, 0.1) is 0 Å². The maximum atomic E-state index is 8.89. The Bertz CT molecular complexity index is 355. The number of nitrogens with zero attached hydrogens (tertiary/aromatic N) is 3. The number of aromatic hydroxyl groups is 1. The third kappa shape index (κ3) is 0.621. The molecule has 0 atom stereocenters. The molecule has 4 nitrogen and oxygen atoms in total. The van der Waals surface area contributed by atoms with E-state index in [1.54, 1.807) is 16.8 Å². The van der Waals surface area contributed by atoms with E-state index in [0.717, 1.165) is 5.65 Å². The van der Waals surface area contributed by atoms with Crippen molar-refractivity contribution in [2.45, 2.75) is 0 Å². The summed E-state index contributed by atoms with van der Waals surface area (Å²) < 4.78 is 1.70. The molecule has 2 rings (SSSR count). The van der Waals surface area contributed by atoms with Crippen molar-refractivity contribution in [1.29, 1.82) is 0 Å². The predicted octanol–water partition coefficient (Wildman–Crippen LogP) is 0.435. The van der Waals surface area contributed by atoms with Gasteiger partial charge in [-0.25, -0.2) is 9.97 Å². The van der Waals surface area contributed by atoms with Crippen molar-refractivity contribution in [2.75, 3.05) is 0 Å². The molecule has 0 bridgehead atoms. The first kappa shape index (κ1) is 5.22. The summed E-state index contributed by atoms with van der Waals surface area (Å²) in [4.78, 5) is 7.60. The van der Waals surface area contributed by atoms with E-state index in [4.69, 9.17) is 5.11 Å². The van der Waals surface area contributed by atoms with Gasteiger partial charge in [0.25, 0.3) is 0 Å². The van der Waals surface area contributed by atoms with Gasteiger partial charge in [-0.3, -0.25) is 0 Å². The van der Waals surface area contributed by atoms with Crippen LogP contribution < -0.4 is 0 Å². The fourth-order valence-corrected chi connectivity index (χ4v) is 0.815. The average Bonchev–Trinajstić information content (AvgIpc) is 2.33. The Balaban J connectivity index is 2.86. The van der Waals surface area contributed by atoms with Crippen LogP contribution in [-0.4, -0.2) is 19.5 Å². The van der Waals surface area contributed by atoms with Crippen LogP contribution in [0.1, 0.15) is 0 Å². The zero-order valence-corrected chi connectivity index (χ0v) is 5.10. The molecule has 0 radical (unpaired) electrons. The zero-order chi connectivity index (χ0) is 6.97. The lowest BCUT2D eigenvalue weighted by Gasteiger charge is -1.91. The molecule has 0 aromatic carbocycles. The van der Waals surface area contributed by atoms with Gasteiger partial charge in [0.15, 0.2) is 5.65 Å². The van der Waals surface area contributed by atoms with Gasteiger partial charge in [-0.05, 0) is 0 Å². The summed E-state index contributed by atoms with van der Waals surface area (Å²) in [7, 11) is 0. The lowest BCUT2D eigenvalue weighted by atomic mass is 10.7. The SMILES string of the molecule is Oc1cn2ccnc2cn1. The second kappa shape index (κ2) is 1.70. The van der Waals surface area contributed by atoms with Gasteiger partial charge in [-0.2, -0.15) is 0 Å². The molecule has 2 aromatic rings. The van der Waals surface area contributed by atoms with Crippen LogP contribution in [0.4, 0.5) is 0 Å². The first-order chi connectivity index (χ1) is 4.86. The Labute approximate surface area is 56.8 Å². The van der Waals surface area contributed by atoms with Crippen molar-refractivity contribution < 1.29 is 5.11 Å². The first-order valence-electron chi connectivity index (χ1n) is 2.84. The average molecular weight is 135 g/mol. The summed E-state index contributed by atoms with van der Waals surface area (Å²) in [5.41, 5.74) is 0.734.